The molecule has 2 aliphatic rings. The summed E-state index contributed by atoms with van der Waals surface area (Å²) >= 11 is 3.17. The Kier molecular flexibility index (Phi) is 4.43. The summed E-state index contributed by atoms with van der Waals surface area (Å²) in [5.74, 6) is 0.289. The van der Waals surface area contributed by atoms with Gasteiger partial charge in [0.1, 0.15) is 10.7 Å². The molecule has 2 aromatic heterocycles. The summed E-state index contributed by atoms with van der Waals surface area (Å²) in [5, 5.41) is 4.80. The molecule has 0 spiro atoms. The number of aromatic nitrogens is 1. The largest absolute Gasteiger partial charge is 0.350 e. The molecular formula is C16H18N2O3S2. The second-order valence-corrected chi connectivity index (χ2v) is 7.58. The lowest BCUT2D eigenvalue weighted by Crippen LogP contribution is -2.43. The molecule has 2 aliphatic heterocycles. The fourth-order valence-corrected chi connectivity index (χ4v) is 4.72. The first-order valence-corrected chi connectivity index (χ1v) is 9.59. The Morgan fingerprint density at radius 2 is 2.17 bits per heavy atom. The monoisotopic (exact) mass is 350 g/mol. The number of thiophene rings is 1. The quantitative estimate of drug-likeness (QED) is 0.853. The SMILES string of the molecule is O=C(c1csc(-c2cccs2)n1)N1CCCC(C2OCCO2)C1. The van der Waals surface area contributed by atoms with Crippen molar-refractivity contribution < 1.29 is 14.3 Å². The first kappa shape index (κ1) is 15.3. The van der Waals surface area contributed by atoms with Crippen LogP contribution in [0.4, 0.5) is 0 Å². The zero-order valence-electron chi connectivity index (χ0n) is 12.6. The minimum absolute atomic E-state index is 0.0201. The normalized spacial score (nSPS) is 22.6. The molecule has 5 nitrogen and oxygen atoms in total. The van der Waals surface area contributed by atoms with Gasteiger partial charge in [-0.15, -0.1) is 22.7 Å². The van der Waals surface area contributed by atoms with Gasteiger partial charge in [0.25, 0.3) is 5.91 Å². The maximum Gasteiger partial charge on any atom is 0.273 e. The Morgan fingerprint density at radius 1 is 1.30 bits per heavy atom. The fourth-order valence-electron chi connectivity index (χ4n) is 3.11. The smallest absolute Gasteiger partial charge is 0.273 e. The van der Waals surface area contributed by atoms with Gasteiger partial charge in [-0.1, -0.05) is 6.07 Å². The maximum absolute atomic E-state index is 12.7. The molecule has 23 heavy (non-hydrogen) atoms. The number of rotatable bonds is 3. The molecular weight excluding hydrogens is 332 g/mol. The average Bonchev–Trinajstić information content (AvgIpc) is 3.36. The summed E-state index contributed by atoms with van der Waals surface area (Å²) in [5.41, 5.74) is 0.548. The summed E-state index contributed by atoms with van der Waals surface area (Å²) in [6.07, 6.45) is 1.88. The number of ether oxygens (including phenoxy) is 2. The van der Waals surface area contributed by atoms with Crippen molar-refractivity contribution in [2.45, 2.75) is 19.1 Å². The topological polar surface area (TPSA) is 51.7 Å². The van der Waals surface area contributed by atoms with E-state index >= 15 is 0 Å². The van der Waals surface area contributed by atoms with Gasteiger partial charge >= 0.3 is 0 Å². The van der Waals surface area contributed by atoms with E-state index in [-0.39, 0.29) is 18.1 Å². The van der Waals surface area contributed by atoms with Crippen LogP contribution in [-0.2, 0) is 9.47 Å². The van der Waals surface area contributed by atoms with Crippen molar-refractivity contribution in [2.75, 3.05) is 26.3 Å². The summed E-state index contributed by atoms with van der Waals surface area (Å²) in [6.45, 7) is 2.79. The lowest BCUT2D eigenvalue weighted by atomic mass is 9.97. The van der Waals surface area contributed by atoms with E-state index in [0.717, 1.165) is 29.3 Å². The predicted octanol–water partition coefficient (Wildman–Crippen LogP) is 3.10. The number of hydrogen-bond acceptors (Lipinski definition) is 6. The molecule has 0 N–H and O–H groups in total. The molecule has 1 amide bonds. The van der Waals surface area contributed by atoms with Crippen molar-refractivity contribution in [2.24, 2.45) is 5.92 Å². The molecule has 4 heterocycles. The van der Waals surface area contributed by atoms with Crippen LogP contribution in [0.1, 0.15) is 23.3 Å². The van der Waals surface area contributed by atoms with Gasteiger partial charge in [0, 0.05) is 24.4 Å². The summed E-state index contributed by atoms with van der Waals surface area (Å²) in [4.78, 5) is 20.3. The van der Waals surface area contributed by atoms with Gasteiger partial charge in [-0.05, 0) is 24.3 Å². The molecule has 0 saturated carbocycles. The number of carbonyl (C=O) groups is 1. The molecule has 0 aromatic carbocycles. The number of hydrogen-bond donors (Lipinski definition) is 0. The summed E-state index contributed by atoms with van der Waals surface area (Å²) in [7, 11) is 0. The van der Waals surface area contributed by atoms with Gasteiger partial charge in [-0.3, -0.25) is 4.79 Å². The Bertz CT molecular complexity index is 665. The van der Waals surface area contributed by atoms with Crippen LogP contribution in [0, 0.1) is 5.92 Å². The lowest BCUT2D eigenvalue weighted by molar-refractivity contribution is -0.0969. The average molecular weight is 350 g/mol. The first-order valence-electron chi connectivity index (χ1n) is 7.83. The maximum atomic E-state index is 12.7. The number of carbonyl (C=O) groups excluding carboxylic acids is 1. The van der Waals surface area contributed by atoms with Gasteiger partial charge in [0.2, 0.25) is 0 Å². The molecule has 1 atom stereocenters. The minimum atomic E-state index is -0.150. The van der Waals surface area contributed by atoms with Crippen molar-refractivity contribution in [3.8, 4) is 9.88 Å². The fraction of sp³-hybridized carbons (Fsp3) is 0.500. The van der Waals surface area contributed by atoms with E-state index in [9.17, 15) is 4.79 Å². The van der Waals surface area contributed by atoms with Crippen LogP contribution in [-0.4, -0.2) is 48.4 Å². The van der Waals surface area contributed by atoms with E-state index < -0.39 is 0 Å². The van der Waals surface area contributed by atoms with E-state index in [1.165, 1.54) is 11.3 Å². The third kappa shape index (κ3) is 3.19. The number of likely N-dealkylation sites (tertiary alicyclic amines) is 1. The Labute approximate surface area is 142 Å². The zero-order valence-corrected chi connectivity index (χ0v) is 14.3. The Morgan fingerprint density at radius 3 is 2.96 bits per heavy atom. The van der Waals surface area contributed by atoms with Crippen LogP contribution < -0.4 is 0 Å². The van der Waals surface area contributed by atoms with Gasteiger partial charge in [0.15, 0.2) is 6.29 Å². The van der Waals surface area contributed by atoms with E-state index in [1.54, 1.807) is 11.3 Å². The highest BCUT2D eigenvalue weighted by molar-refractivity contribution is 7.20. The molecule has 2 saturated heterocycles. The molecule has 0 aliphatic carbocycles. The second kappa shape index (κ2) is 6.68. The number of amides is 1. The van der Waals surface area contributed by atoms with E-state index in [2.05, 4.69) is 4.98 Å². The van der Waals surface area contributed by atoms with Crippen molar-refractivity contribution in [3.05, 3.63) is 28.6 Å². The summed E-state index contributed by atoms with van der Waals surface area (Å²) < 4.78 is 11.2. The van der Waals surface area contributed by atoms with Gasteiger partial charge in [0.05, 0.1) is 18.1 Å². The number of piperidine rings is 1. The third-order valence-corrected chi connectivity index (χ3v) is 6.11. The van der Waals surface area contributed by atoms with E-state index in [4.69, 9.17) is 9.47 Å². The second-order valence-electron chi connectivity index (χ2n) is 5.78. The number of nitrogens with zero attached hydrogens (tertiary/aromatic N) is 2. The molecule has 4 rings (SSSR count). The summed E-state index contributed by atoms with van der Waals surface area (Å²) in [6, 6.07) is 4.03. The van der Waals surface area contributed by atoms with Crippen LogP contribution >= 0.6 is 22.7 Å². The molecule has 0 bridgehead atoms. The van der Waals surface area contributed by atoms with Crippen LogP contribution in [0.3, 0.4) is 0 Å². The van der Waals surface area contributed by atoms with Crippen LogP contribution in [0.2, 0.25) is 0 Å². The zero-order chi connectivity index (χ0) is 15.6. The minimum Gasteiger partial charge on any atom is -0.350 e. The van der Waals surface area contributed by atoms with Crippen molar-refractivity contribution >= 4 is 28.6 Å². The highest BCUT2D eigenvalue weighted by atomic mass is 32.1. The number of thiazole rings is 1. The van der Waals surface area contributed by atoms with E-state index in [0.29, 0.717) is 25.5 Å². The first-order chi connectivity index (χ1) is 11.3. The van der Waals surface area contributed by atoms with Crippen LogP contribution in [0.5, 0.6) is 0 Å². The van der Waals surface area contributed by atoms with Gasteiger partial charge < -0.3 is 14.4 Å². The predicted molar refractivity (Wildman–Crippen MR) is 89.7 cm³/mol. The van der Waals surface area contributed by atoms with Crippen molar-refractivity contribution in [3.63, 3.8) is 0 Å². The Hall–Kier alpha value is -1.28. The van der Waals surface area contributed by atoms with Crippen molar-refractivity contribution in [1.82, 2.24) is 9.88 Å². The van der Waals surface area contributed by atoms with Gasteiger partial charge in [-0.25, -0.2) is 4.98 Å². The molecule has 2 aromatic rings. The lowest BCUT2D eigenvalue weighted by Gasteiger charge is -2.34. The van der Waals surface area contributed by atoms with Crippen LogP contribution in [0.15, 0.2) is 22.9 Å². The highest BCUT2D eigenvalue weighted by Gasteiger charge is 2.33. The van der Waals surface area contributed by atoms with Crippen LogP contribution in [0.25, 0.3) is 9.88 Å². The van der Waals surface area contributed by atoms with E-state index in [1.807, 2.05) is 27.8 Å². The standard InChI is InChI=1S/C16H18N2O3S2/c19-15(12-10-23-14(17-12)13-4-2-8-22-13)18-5-1-3-11(9-18)16-20-6-7-21-16/h2,4,8,10-11,16H,1,3,5-7,9H2. The van der Waals surface area contributed by atoms with Crippen molar-refractivity contribution in [1.29, 1.82) is 0 Å². The molecule has 1 unspecified atom stereocenters. The molecule has 7 heteroatoms. The Balaban J connectivity index is 1.45. The molecule has 0 radical (unpaired) electrons. The third-order valence-electron chi connectivity index (χ3n) is 4.23. The van der Waals surface area contributed by atoms with Gasteiger partial charge in [-0.2, -0.15) is 0 Å². The molecule has 122 valence electrons. The molecule has 2 fully saturated rings. The highest BCUT2D eigenvalue weighted by Crippen LogP contribution is 2.29.